The van der Waals surface area contributed by atoms with Gasteiger partial charge in [-0.1, -0.05) is 0 Å². The van der Waals surface area contributed by atoms with Gasteiger partial charge < -0.3 is 10.2 Å². The van der Waals surface area contributed by atoms with E-state index in [0.717, 1.165) is 0 Å². The predicted molar refractivity (Wildman–Crippen MR) is 29.2 cm³/mol. The molecule has 0 aliphatic carbocycles. The summed E-state index contributed by atoms with van der Waals surface area (Å²) in [5, 5.41) is 16.2. The number of hydrogen-bond donors (Lipinski definition) is 2. The second-order valence-corrected chi connectivity index (χ2v) is 1.14. The Hall–Kier alpha value is 0.170. The second kappa shape index (κ2) is 6.17. The summed E-state index contributed by atoms with van der Waals surface area (Å²) in [6.07, 6.45) is 0. The number of nitrogens with zero attached hydrogens (tertiary/aromatic N) is 1. The molecule has 0 aliphatic heterocycles. The monoisotopic (exact) mass is 127 g/mol. The van der Waals surface area contributed by atoms with Crippen molar-refractivity contribution in [2.45, 2.75) is 0 Å². The van der Waals surface area contributed by atoms with Gasteiger partial charge in [0, 0.05) is 0 Å². The van der Waals surface area contributed by atoms with Crippen LogP contribution in [0.5, 0.6) is 0 Å². The summed E-state index contributed by atoms with van der Waals surface area (Å²) < 4.78 is 0. The largest absolute Gasteiger partial charge is 0.381 e. The van der Waals surface area contributed by atoms with E-state index in [4.69, 9.17) is 10.2 Å². The zero-order chi connectivity index (χ0) is 4.99. The zero-order valence-corrected chi connectivity index (χ0v) is 4.98. The van der Waals surface area contributed by atoms with Gasteiger partial charge >= 0.3 is 0 Å². The van der Waals surface area contributed by atoms with E-state index < -0.39 is 0 Å². The van der Waals surface area contributed by atoms with Gasteiger partial charge in [0.05, 0.1) is 13.5 Å². The third-order valence-corrected chi connectivity index (χ3v) is 0.483. The summed E-state index contributed by atoms with van der Waals surface area (Å²) in [5.41, 5.74) is 0. The highest BCUT2D eigenvalue weighted by molar-refractivity contribution is 5.85. The van der Waals surface area contributed by atoms with E-state index >= 15 is 0 Å². The summed E-state index contributed by atoms with van der Waals surface area (Å²) >= 11 is 0. The Labute approximate surface area is 49.0 Å². The molecule has 4 heteroatoms. The smallest absolute Gasteiger partial charge is 0.0971 e. The van der Waals surface area contributed by atoms with E-state index in [-0.39, 0.29) is 25.9 Å². The topological polar surface area (TPSA) is 43.7 Å². The Kier molecular flexibility index (Phi) is 9.00. The molecule has 3 nitrogen and oxygen atoms in total. The lowest BCUT2D eigenvalue weighted by Crippen LogP contribution is -2.19. The molecule has 0 spiro atoms. The lowest BCUT2D eigenvalue weighted by Gasteiger charge is -2.05. The third kappa shape index (κ3) is 6.17. The van der Waals surface area contributed by atoms with Crippen molar-refractivity contribution in [1.82, 2.24) is 4.90 Å². The normalized spacial score (nSPS) is 8.57. The maximum atomic E-state index is 8.10. The zero-order valence-electron chi connectivity index (χ0n) is 4.16. The molecule has 0 radical (unpaired) electrons. The molecule has 2 N–H and O–H groups in total. The molecule has 0 saturated heterocycles. The Bertz CT molecular complexity index is 32.1. The van der Waals surface area contributed by atoms with Gasteiger partial charge in [-0.15, -0.1) is 12.4 Å². The lowest BCUT2D eigenvalue weighted by atomic mass is 10.9. The van der Waals surface area contributed by atoms with Gasteiger partial charge in [0.2, 0.25) is 0 Å². The standard InChI is InChI=1S/C3H9NO2.ClH/c1-4(2-5)3-6;/h5-6H,2-3H2,1H3;1H. The molecule has 0 rings (SSSR count). The highest BCUT2D eigenvalue weighted by atomic mass is 35.5. The van der Waals surface area contributed by atoms with E-state index in [2.05, 4.69) is 0 Å². The third-order valence-electron chi connectivity index (χ3n) is 0.483. The molecule has 0 bridgehead atoms. The van der Waals surface area contributed by atoms with Crippen LogP contribution >= 0.6 is 12.4 Å². The summed E-state index contributed by atoms with van der Waals surface area (Å²) in [5.74, 6) is 0. The summed E-state index contributed by atoms with van der Waals surface area (Å²) in [6.45, 7) is -0.174. The quantitative estimate of drug-likeness (QED) is 0.480. The minimum Gasteiger partial charge on any atom is -0.381 e. The predicted octanol–water partition coefficient (Wildman–Crippen LogP) is -0.760. The van der Waals surface area contributed by atoms with E-state index in [0.29, 0.717) is 0 Å². The van der Waals surface area contributed by atoms with Crippen molar-refractivity contribution < 1.29 is 10.2 Å². The molecular formula is C3H10ClNO2. The molecule has 46 valence electrons. The highest BCUT2D eigenvalue weighted by Gasteiger charge is 1.84. The average Bonchev–Trinajstić information content (AvgIpc) is 1.65. The highest BCUT2D eigenvalue weighted by Crippen LogP contribution is 1.68. The molecular weight excluding hydrogens is 117 g/mol. The molecule has 0 unspecified atom stereocenters. The fourth-order valence-electron chi connectivity index (χ4n) is 0.0447. The van der Waals surface area contributed by atoms with Gasteiger partial charge in [0.15, 0.2) is 0 Å². The minimum atomic E-state index is -0.0868. The number of aliphatic hydroxyl groups is 2. The van der Waals surface area contributed by atoms with Gasteiger partial charge in [-0.2, -0.15) is 0 Å². The molecule has 0 fully saturated rings. The van der Waals surface area contributed by atoms with Crippen LogP contribution in [-0.2, 0) is 0 Å². The van der Waals surface area contributed by atoms with E-state index in [1.807, 2.05) is 0 Å². The van der Waals surface area contributed by atoms with Crippen molar-refractivity contribution in [3.05, 3.63) is 0 Å². The van der Waals surface area contributed by atoms with Crippen LogP contribution in [0.3, 0.4) is 0 Å². The second-order valence-electron chi connectivity index (χ2n) is 1.14. The average molecular weight is 128 g/mol. The summed E-state index contributed by atoms with van der Waals surface area (Å²) in [4.78, 5) is 1.36. The van der Waals surface area contributed by atoms with Gasteiger partial charge in [0.1, 0.15) is 0 Å². The molecule has 7 heavy (non-hydrogen) atoms. The van der Waals surface area contributed by atoms with Crippen LogP contribution in [0, 0.1) is 0 Å². The number of halogens is 1. The molecule has 0 saturated carbocycles. The Morgan fingerprint density at radius 1 is 1.29 bits per heavy atom. The van der Waals surface area contributed by atoms with Crippen LogP contribution in [0.15, 0.2) is 0 Å². The molecule has 0 aromatic rings. The van der Waals surface area contributed by atoms with E-state index in [1.54, 1.807) is 7.05 Å². The van der Waals surface area contributed by atoms with Crippen LogP contribution in [0.2, 0.25) is 0 Å². The lowest BCUT2D eigenvalue weighted by molar-refractivity contribution is 0.0512. The Morgan fingerprint density at radius 3 is 1.57 bits per heavy atom. The number of rotatable bonds is 2. The Balaban J connectivity index is 0. The fourth-order valence-corrected chi connectivity index (χ4v) is 0.0447. The molecule has 0 aliphatic rings. The van der Waals surface area contributed by atoms with Crippen LogP contribution in [-0.4, -0.2) is 35.6 Å². The molecule has 0 aromatic heterocycles. The summed E-state index contributed by atoms with van der Waals surface area (Å²) in [7, 11) is 1.61. The summed E-state index contributed by atoms with van der Waals surface area (Å²) in [6, 6.07) is 0. The Morgan fingerprint density at radius 2 is 1.57 bits per heavy atom. The maximum absolute atomic E-state index is 8.10. The molecule has 0 atom stereocenters. The van der Waals surface area contributed by atoms with Crippen molar-refractivity contribution in [1.29, 1.82) is 0 Å². The molecule has 0 heterocycles. The maximum Gasteiger partial charge on any atom is 0.0971 e. The fraction of sp³-hybridized carbons (Fsp3) is 1.00. The van der Waals surface area contributed by atoms with Crippen LogP contribution in [0.1, 0.15) is 0 Å². The van der Waals surface area contributed by atoms with Crippen LogP contribution in [0.4, 0.5) is 0 Å². The van der Waals surface area contributed by atoms with E-state index in [1.165, 1.54) is 4.90 Å². The minimum absolute atomic E-state index is 0. The van der Waals surface area contributed by atoms with Crippen LogP contribution in [0.25, 0.3) is 0 Å². The SMILES string of the molecule is CN(CO)CO.Cl. The number of aliphatic hydroxyl groups excluding tert-OH is 2. The van der Waals surface area contributed by atoms with Crippen LogP contribution < -0.4 is 0 Å². The van der Waals surface area contributed by atoms with Gasteiger partial charge in [-0.05, 0) is 7.05 Å². The first-order valence-corrected chi connectivity index (χ1v) is 1.71. The molecule has 0 amide bonds. The van der Waals surface area contributed by atoms with Crippen molar-refractivity contribution in [3.8, 4) is 0 Å². The first kappa shape index (κ1) is 10.2. The van der Waals surface area contributed by atoms with E-state index in [9.17, 15) is 0 Å². The van der Waals surface area contributed by atoms with Crippen molar-refractivity contribution in [3.63, 3.8) is 0 Å². The van der Waals surface area contributed by atoms with Crippen molar-refractivity contribution >= 4 is 12.4 Å². The van der Waals surface area contributed by atoms with Gasteiger partial charge in [0.25, 0.3) is 0 Å². The first-order valence-electron chi connectivity index (χ1n) is 1.71. The first-order chi connectivity index (χ1) is 2.81. The van der Waals surface area contributed by atoms with Gasteiger partial charge in [-0.3, -0.25) is 4.90 Å². The van der Waals surface area contributed by atoms with Crippen molar-refractivity contribution in [2.75, 3.05) is 20.5 Å². The number of hydrogen-bond acceptors (Lipinski definition) is 3. The molecule has 0 aromatic carbocycles. The van der Waals surface area contributed by atoms with Crippen molar-refractivity contribution in [2.24, 2.45) is 0 Å². The van der Waals surface area contributed by atoms with Gasteiger partial charge in [-0.25, -0.2) is 0 Å².